The zero-order valence-electron chi connectivity index (χ0n) is 6.40. The van der Waals surface area contributed by atoms with Crippen LogP contribution in [0.1, 0.15) is 19.3 Å². The van der Waals surface area contributed by atoms with E-state index in [1.165, 1.54) is 38.9 Å². The fourth-order valence-electron chi connectivity index (χ4n) is 2.18. The number of fused-ring (bicyclic) bond motifs is 1. The number of nitrogens with one attached hydrogen (secondary N) is 2. The Bertz CT molecular complexity index is 102. The standard InChI is InChI=1S/C8H16N2/c1-4-9-5-3-8-7(1)2-6-10-8/h7-10H,1-6H2/t7-,8+/m0/s1. The first kappa shape index (κ1) is 6.62. The van der Waals surface area contributed by atoms with Crippen molar-refractivity contribution in [1.29, 1.82) is 0 Å². The summed E-state index contributed by atoms with van der Waals surface area (Å²) in [4.78, 5) is 0. The highest BCUT2D eigenvalue weighted by Crippen LogP contribution is 2.22. The van der Waals surface area contributed by atoms with Crippen molar-refractivity contribution in [2.24, 2.45) is 5.92 Å². The molecule has 2 fully saturated rings. The molecule has 2 N–H and O–H groups in total. The largest absolute Gasteiger partial charge is 0.317 e. The van der Waals surface area contributed by atoms with E-state index in [0.717, 1.165) is 12.0 Å². The van der Waals surface area contributed by atoms with Crippen LogP contribution in [0.4, 0.5) is 0 Å². The minimum absolute atomic E-state index is 0.843. The summed E-state index contributed by atoms with van der Waals surface area (Å²) >= 11 is 0. The lowest BCUT2D eigenvalue weighted by atomic mass is 9.96. The molecule has 2 heteroatoms. The van der Waals surface area contributed by atoms with Gasteiger partial charge in [-0.3, -0.25) is 0 Å². The molecule has 0 radical (unpaired) electrons. The Labute approximate surface area is 62.4 Å². The van der Waals surface area contributed by atoms with Crippen LogP contribution in [0.5, 0.6) is 0 Å². The molecule has 0 bridgehead atoms. The molecule has 0 aromatic heterocycles. The number of hydrogen-bond donors (Lipinski definition) is 2. The van der Waals surface area contributed by atoms with Gasteiger partial charge in [0.05, 0.1) is 0 Å². The highest BCUT2D eigenvalue weighted by Gasteiger charge is 2.27. The van der Waals surface area contributed by atoms with Crippen molar-refractivity contribution in [2.75, 3.05) is 19.6 Å². The molecule has 58 valence electrons. The first-order chi connectivity index (χ1) is 4.97. The van der Waals surface area contributed by atoms with E-state index in [9.17, 15) is 0 Å². The average molecular weight is 140 g/mol. The number of rotatable bonds is 0. The Balaban J connectivity index is 1.95. The lowest BCUT2D eigenvalue weighted by Crippen LogP contribution is -2.27. The summed E-state index contributed by atoms with van der Waals surface area (Å²) in [5, 5.41) is 6.99. The van der Waals surface area contributed by atoms with Gasteiger partial charge in [-0.1, -0.05) is 0 Å². The van der Waals surface area contributed by atoms with Crippen molar-refractivity contribution in [2.45, 2.75) is 25.3 Å². The SMILES string of the molecule is C1C[C@H]2CCN[C@@H]2CCN1. The van der Waals surface area contributed by atoms with Gasteiger partial charge in [0.2, 0.25) is 0 Å². The first-order valence-corrected chi connectivity index (χ1v) is 4.41. The van der Waals surface area contributed by atoms with Crippen molar-refractivity contribution in [3.8, 4) is 0 Å². The van der Waals surface area contributed by atoms with Crippen LogP contribution in [0.15, 0.2) is 0 Å². The van der Waals surface area contributed by atoms with Crippen LogP contribution >= 0.6 is 0 Å². The maximum Gasteiger partial charge on any atom is 0.0108 e. The Morgan fingerprint density at radius 3 is 2.70 bits per heavy atom. The lowest BCUT2D eigenvalue weighted by molar-refractivity contribution is 0.436. The van der Waals surface area contributed by atoms with Gasteiger partial charge in [0, 0.05) is 6.04 Å². The molecule has 0 unspecified atom stereocenters. The van der Waals surface area contributed by atoms with E-state index in [4.69, 9.17) is 0 Å². The van der Waals surface area contributed by atoms with E-state index in [1.54, 1.807) is 0 Å². The van der Waals surface area contributed by atoms with Crippen molar-refractivity contribution < 1.29 is 0 Å². The van der Waals surface area contributed by atoms with E-state index in [2.05, 4.69) is 10.6 Å². The fourth-order valence-corrected chi connectivity index (χ4v) is 2.18. The van der Waals surface area contributed by atoms with Gasteiger partial charge >= 0.3 is 0 Å². The van der Waals surface area contributed by atoms with Crippen molar-refractivity contribution in [3.05, 3.63) is 0 Å². The zero-order chi connectivity index (χ0) is 6.81. The lowest BCUT2D eigenvalue weighted by Gasteiger charge is -2.13. The predicted octanol–water partition coefficient (Wildman–Crippen LogP) is 0.348. The Hall–Kier alpha value is -0.0800. The third kappa shape index (κ3) is 1.18. The van der Waals surface area contributed by atoms with Crippen molar-refractivity contribution in [1.82, 2.24) is 10.6 Å². The van der Waals surface area contributed by atoms with Gasteiger partial charge < -0.3 is 10.6 Å². The molecule has 0 saturated carbocycles. The normalized spacial score (nSPS) is 40.8. The summed E-state index contributed by atoms with van der Waals surface area (Å²) < 4.78 is 0. The minimum Gasteiger partial charge on any atom is -0.317 e. The molecule has 10 heavy (non-hydrogen) atoms. The fraction of sp³-hybridized carbons (Fsp3) is 1.00. The summed E-state index contributed by atoms with van der Waals surface area (Å²) in [5.41, 5.74) is 0. The van der Waals surface area contributed by atoms with E-state index in [1.807, 2.05) is 0 Å². The van der Waals surface area contributed by atoms with Crippen LogP contribution in [0.3, 0.4) is 0 Å². The second-order valence-electron chi connectivity index (χ2n) is 3.44. The van der Waals surface area contributed by atoms with Gasteiger partial charge in [-0.25, -0.2) is 0 Å². The highest BCUT2D eigenvalue weighted by molar-refractivity contribution is 4.86. The molecule has 2 rings (SSSR count). The van der Waals surface area contributed by atoms with Crippen molar-refractivity contribution >= 4 is 0 Å². The van der Waals surface area contributed by atoms with Gasteiger partial charge in [-0.15, -0.1) is 0 Å². The molecule has 2 aliphatic heterocycles. The Morgan fingerprint density at radius 1 is 0.900 bits per heavy atom. The smallest absolute Gasteiger partial charge is 0.0108 e. The van der Waals surface area contributed by atoms with E-state index >= 15 is 0 Å². The van der Waals surface area contributed by atoms with E-state index in [-0.39, 0.29) is 0 Å². The maximum atomic E-state index is 3.56. The van der Waals surface area contributed by atoms with Crippen LogP contribution in [0.25, 0.3) is 0 Å². The summed E-state index contributed by atoms with van der Waals surface area (Å²) in [6.45, 7) is 3.71. The van der Waals surface area contributed by atoms with Gasteiger partial charge in [-0.05, 0) is 44.8 Å². The summed E-state index contributed by atoms with van der Waals surface area (Å²) in [6, 6.07) is 0.843. The van der Waals surface area contributed by atoms with Gasteiger partial charge in [0.25, 0.3) is 0 Å². The molecule has 0 amide bonds. The Kier molecular flexibility index (Phi) is 1.91. The second kappa shape index (κ2) is 2.89. The molecule has 2 atom stereocenters. The molecule has 2 aliphatic rings. The summed E-state index contributed by atoms with van der Waals surface area (Å²) in [5.74, 6) is 0.981. The van der Waals surface area contributed by atoms with Crippen molar-refractivity contribution in [3.63, 3.8) is 0 Å². The Morgan fingerprint density at radius 2 is 1.70 bits per heavy atom. The molecular weight excluding hydrogens is 124 g/mol. The van der Waals surface area contributed by atoms with Gasteiger partial charge in [0.1, 0.15) is 0 Å². The highest BCUT2D eigenvalue weighted by atomic mass is 15.0. The second-order valence-corrected chi connectivity index (χ2v) is 3.44. The van der Waals surface area contributed by atoms with E-state index < -0.39 is 0 Å². The topological polar surface area (TPSA) is 24.1 Å². The quantitative estimate of drug-likeness (QED) is 0.507. The van der Waals surface area contributed by atoms with Crippen LogP contribution in [0.2, 0.25) is 0 Å². The molecule has 2 saturated heterocycles. The third-order valence-corrected chi connectivity index (χ3v) is 2.81. The molecule has 2 nitrogen and oxygen atoms in total. The van der Waals surface area contributed by atoms with Crippen LogP contribution < -0.4 is 10.6 Å². The maximum absolute atomic E-state index is 3.56. The predicted molar refractivity (Wildman–Crippen MR) is 42.0 cm³/mol. The van der Waals surface area contributed by atoms with Crippen LogP contribution in [-0.4, -0.2) is 25.7 Å². The first-order valence-electron chi connectivity index (χ1n) is 4.41. The zero-order valence-corrected chi connectivity index (χ0v) is 6.40. The van der Waals surface area contributed by atoms with Gasteiger partial charge in [-0.2, -0.15) is 0 Å². The summed E-state index contributed by atoms with van der Waals surface area (Å²) in [7, 11) is 0. The summed E-state index contributed by atoms with van der Waals surface area (Å²) in [6.07, 6.45) is 4.13. The average Bonchev–Trinajstić information content (AvgIpc) is 2.28. The van der Waals surface area contributed by atoms with Gasteiger partial charge in [0.15, 0.2) is 0 Å². The molecule has 0 aromatic rings. The molecule has 0 spiro atoms. The minimum atomic E-state index is 0.843. The third-order valence-electron chi connectivity index (χ3n) is 2.81. The van der Waals surface area contributed by atoms with Crippen LogP contribution in [0, 0.1) is 5.92 Å². The molecule has 0 aromatic carbocycles. The van der Waals surface area contributed by atoms with Crippen LogP contribution in [-0.2, 0) is 0 Å². The molecule has 2 heterocycles. The molecule has 0 aliphatic carbocycles. The molecular formula is C8H16N2. The number of hydrogen-bond acceptors (Lipinski definition) is 2. The monoisotopic (exact) mass is 140 g/mol. The van der Waals surface area contributed by atoms with E-state index in [0.29, 0.717) is 0 Å².